The van der Waals surface area contributed by atoms with Crippen LogP contribution in [-0.2, 0) is 16.0 Å². The molecule has 0 aliphatic heterocycles. The van der Waals surface area contributed by atoms with Gasteiger partial charge in [0.25, 0.3) is 5.91 Å². The van der Waals surface area contributed by atoms with Crippen molar-refractivity contribution in [2.75, 3.05) is 14.1 Å². The summed E-state index contributed by atoms with van der Waals surface area (Å²) in [5.74, 6) is -1.25. The molecule has 10 heteroatoms. The molecule has 0 bridgehead atoms. The Kier molecular flexibility index (Phi) is 7.91. The molecule has 0 spiro atoms. The monoisotopic (exact) mass is 563 g/mol. The first-order chi connectivity index (χ1) is 17.5. The van der Waals surface area contributed by atoms with Gasteiger partial charge in [-0.2, -0.15) is 0 Å². The van der Waals surface area contributed by atoms with Gasteiger partial charge < -0.3 is 19.9 Å². The molecule has 1 aliphatic rings. The van der Waals surface area contributed by atoms with Crippen molar-refractivity contribution in [1.82, 2.24) is 10.1 Å². The number of rotatable bonds is 7. The highest BCUT2D eigenvalue weighted by Crippen LogP contribution is 2.44. The molecule has 196 valence electrons. The molecule has 0 radical (unpaired) electrons. The second-order valence-electron chi connectivity index (χ2n) is 9.69. The number of carbonyl (C=O) groups excluding carboxylic acids is 2. The number of esters is 1. The third kappa shape index (κ3) is 5.23. The number of carbonyl (C=O) groups is 2. The lowest BCUT2D eigenvalue weighted by atomic mass is 9.70. The van der Waals surface area contributed by atoms with E-state index in [0.29, 0.717) is 39.9 Å². The van der Waals surface area contributed by atoms with Crippen molar-refractivity contribution >= 4 is 46.7 Å². The van der Waals surface area contributed by atoms with Crippen LogP contribution in [0.25, 0.3) is 11.3 Å². The molecular formula is C27H28Cl3N3O4. The molecule has 1 amide bonds. The smallest absolute Gasteiger partial charge is 0.345 e. The van der Waals surface area contributed by atoms with E-state index in [2.05, 4.69) is 10.1 Å². The van der Waals surface area contributed by atoms with E-state index >= 15 is 0 Å². The Morgan fingerprint density at radius 1 is 1.00 bits per heavy atom. The van der Waals surface area contributed by atoms with Gasteiger partial charge in [-0.25, -0.2) is 4.79 Å². The van der Waals surface area contributed by atoms with Crippen LogP contribution in [0, 0.1) is 6.92 Å². The Morgan fingerprint density at radius 2 is 1.59 bits per heavy atom. The fraction of sp³-hybridized carbons (Fsp3) is 0.370. The first kappa shape index (κ1) is 27.5. The zero-order valence-electron chi connectivity index (χ0n) is 20.8. The lowest BCUT2D eigenvalue weighted by molar-refractivity contribution is -0.144. The van der Waals surface area contributed by atoms with Crippen molar-refractivity contribution in [2.24, 2.45) is 5.73 Å². The number of nitrogens with two attached hydrogens (primary N) is 1. The van der Waals surface area contributed by atoms with Crippen molar-refractivity contribution in [3.63, 3.8) is 0 Å². The highest BCUT2D eigenvalue weighted by Gasteiger charge is 2.50. The number of hydrogen-bond acceptors (Lipinski definition) is 6. The molecule has 1 fully saturated rings. The summed E-state index contributed by atoms with van der Waals surface area (Å²) in [6.45, 7) is 1.58. The first-order valence-electron chi connectivity index (χ1n) is 11.8. The molecule has 1 aromatic heterocycles. The van der Waals surface area contributed by atoms with Crippen LogP contribution >= 0.6 is 34.8 Å². The lowest BCUT2D eigenvalue weighted by Crippen LogP contribution is -2.57. The van der Waals surface area contributed by atoms with Gasteiger partial charge in [-0.05, 0) is 76.9 Å². The fourth-order valence-electron chi connectivity index (χ4n) is 5.03. The van der Waals surface area contributed by atoms with E-state index < -0.39 is 17.5 Å². The summed E-state index contributed by atoms with van der Waals surface area (Å²) in [7, 11) is 4.00. The number of aromatic nitrogens is 1. The van der Waals surface area contributed by atoms with E-state index in [1.54, 1.807) is 25.1 Å². The Bertz CT molecular complexity index is 1310. The van der Waals surface area contributed by atoms with Gasteiger partial charge in [-0.3, -0.25) is 4.79 Å². The topological polar surface area (TPSA) is 98.7 Å². The maximum atomic E-state index is 13.5. The number of nitrogens with zero attached hydrogens (tertiary/aromatic N) is 2. The second kappa shape index (κ2) is 10.7. The van der Waals surface area contributed by atoms with Crippen molar-refractivity contribution in [3.8, 4) is 11.3 Å². The average molecular weight is 565 g/mol. The maximum Gasteiger partial charge on any atom is 0.345 e. The number of aryl methyl sites for hydroxylation is 1. The summed E-state index contributed by atoms with van der Waals surface area (Å²) >= 11 is 19.2. The van der Waals surface area contributed by atoms with Crippen LogP contribution in [0.15, 0.2) is 47.0 Å². The average Bonchev–Trinajstić information content (AvgIpc) is 3.22. The number of amides is 1. The van der Waals surface area contributed by atoms with Gasteiger partial charge in [0, 0.05) is 16.1 Å². The first-order valence-corrected chi connectivity index (χ1v) is 13.0. The van der Waals surface area contributed by atoms with Crippen LogP contribution in [-0.4, -0.2) is 47.2 Å². The Labute approximate surface area is 230 Å². The molecule has 4 rings (SSSR count). The normalized spacial score (nSPS) is 21.7. The summed E-state index contributed by atoms with van der Waals surface area (Å²) in [5, 5.41) is 5.30. The van der Waals surface area contributed by atoms with Gasteiger partial charge in [0.05, 0.1) is 10.0 Å². The number of benzene rings is 2. The summed E-state index contributed by atoms with van der Waals surface area (Å²) in [6.07, 6.45) is 2.31. The molecule has 3 aromatic rings. The molecule has 37 heavy (non-hydrogen) atoms. The van der Waals surface area contributed by atoms with Gasteiger partial charge in [-0.15, -0.1) is 0 Å². The lowest BCUT2D eigenvalue weighted by Gasteiger charge is -2.48. The molecule has 1 saturated carbocycles. The Morgan fingerprint density at radius 3 is 2.16 bits per heavy atom. The maximum absolute atomic E-state index is 13.5. The van der Waals surface area contributed by atoms with Crippen molar-refractivity contribution < 1.29 is 18.8 Å². The van der Waals surface area contributed by atoms with Crippen LogP contribution in [0.2, 0.25) is 15.1 Å². The molecule has 0 unspecified atom stereocenters. The highest BCUT2D eigenvalue weighted by molar-refractivity contribution is 6.39. The standard InChI is InChI=1S/C27H28Cl3N3O4/c1-16-21(23(32-37-16)22-19(29)9-6-10-20(22)30)24(34)36-27(25(31)35)13-11-26(12-14-27,33(2)3)15-17-7-4-5-8-18(17)28/h4-10H,11-15H2,1-3H3,(H2,31,35). The van der Waals surface area contributed by atoms with E-state index in [1.165, 1.54) is 0 Å². The van der Waals surface area contributed by atoms with Gasteiger partial charge >= 0.3 is 5.97 Å². The minimum Gasteiger partial charge on any atom is -0.445 e. The van der Waals surface area contributed by atoms with E-state index in [9.17, 15) is 9.59 Å². The van der Waals surface area contributed by atoms with Crippen LogP contribution < -0.4 is 5.73 Å². The zero-order valence-corrected chi connectivity index (χ0v) is 23.1. The van der Waals surface area contributed by atoms with Crippen molar-refractivity contribution in [2.45, 2.75) is 50.2 Å². The molecule has 7 nitrogen and oxygen atoms in total. The second-order valence-corrected chi connectivity index (χ2v) is 10.9. The Balaban J connectivity index is 1.62. The van der Waals surface area contributed by atoms with E-state index in [1.807, 2.05) is 38.4 Å². The van der Waals surface area contributed by atoms with Crippen LogP contribution in [0.4, 0.5) is 0 Å². The Hall–Kier alpha value is -2.58. The van der Waals surface area contributed by atoms with Gasteiger partial charge in [0.15, 0.2) is 5.60 Å². The third-order valence-electron chi connectivity index (χ3n) is 7.42. The van der Waals surface area contributed by atoms with E-state index in [0.717, 1.165) is 5.56 Å². The van der Waals surface area contributed by atoms with Crippen LogP contribution in [0.5, 0.6) is 0 Å². The summed E-state index contributed by atoms with van der Waals surface area (Å²) in [4.78, 5) is 28.4. The number of likely N-dealkylation sites (N-methyl/N-ethyl adjacent to an activating group) is 1. The zero-order chi connectivity index (χ0) is 27.0. The minimum atomic E-state index is -1.48. The van der Waals surface area contributed by atoms with Crippen molar-refractivity contribution in [1.29, 1.82) is 0 Å². The quantitative estimate of drug-likeness (QED) is 0.348. The summed E-state index contributed by atoms with van der Waals surface area (Å²) in [5.41, 5.74) is 5.63. The number of ether oxygens (including phenoxy) is 1. The molecule has 0 saturated heterocycles. The largest absolute Gasteiger partial charge is 0.445 e. The SMILES string of the molecule is Cc1onc(-c2c(Cl)cccc2Cl)c1C(=O)OC1(C(N)=O)CCC(Cc2ccccc2Cl)(N(C)C)CC1. The van der Waals surface area contributed by atoms with Gasteiger partial charge in [0.2, 0.25) is 0 Å². The van der Waals surface area contributed by atoms with Crippen LogP contribution in [0.3, 0.4) is 0 Å². The third-order valence-corrected chi connectivity index (χ3v) is 8.42. The molecule has 0 atom stereocenters. The van der Waals surface area contributed by atoms with Crippen LogP contribution in [0.1, 0.15) is 47.4 Å². The molecule has 1 heterocycles. The number of hydrogen-bond donors (Lipinski definition) is 1. The fourth-order valence-corrected chi connectivity index (χ4v) is 5.81. The van der Waals surface area contributed by atoms with Gasteiger partial charge in [0.1, 0.15) is 17.0 Å². The van der Waals surface area contributed by atoms with Gasteiger partial charge in [-0.1, -0.05) is 64.2 Å². The van der Waals surface area contributed by atoms with E-state index in [-0.39, 0.29) is 35.4 Å². The predicted molar refractivity (Wildman–Crippen MR) is 144 cm³/mol. The molecule has 1 aliphatic carbocycles. The molecular weight excluding hydrogens is 537 g/mol. The molecule has 2 aromatic carbocycles. The predicted octanol–water partition coefficient (Wildman–Crippen LogP) is 6.11. The summed E-state index contributed by atoms with van der Waals surface area (Å²) < 4.78 is 11.2. The minimum absolute atomic E-state index is 0.0520. The van der Waals surface area contributed by atoms with E-state index in [4.69, 9.17) is 49.8 Å². The molecule has 2 N–H and O–H groups in total. The number of halogens is 3. The number of primary amides is 1. The highest BCUT2D eigenvalue weighted by atomic mass is 35.5. The van der Waals surface area contributed by atoms with Crippen molar-refractivity contribution in [3.05, 3.63) is 74.4 Å². The summed E-state index contributed by atoms with van der Waals surface area (Å²) in [6, 6.07) is 12.7.